The first-order valence-corrected chi connectivity index (χ1v) is 4.28. The van der Waals surface area contributed by atoms with Gasteiger partial charge in [-0.1, -0.05) is 13.8 Å². The van der Waals surface area contributed by atoms with Crippen molar-refractivity contribution < 1.29 is 4.79 Å². The highest BCUT2D eigenvalue weighted by molar-refractivity contribution is 5.33. The standard InChI is InChI=1S/C9H13N3O/c1-8(2)6-12-4-3-9(11-12)5-10-7-13/h3-4,8H,5-6H2,1-2H3. The lowest BCUT2D eigenvalue weighted by Crippen LogP contribution is -2.05. The first kappa shape index (κ1) is 9.68. The summed E-state index contributed by atoms with van der Waals surface area (Å²) in [5.41, 5.74) is 0.809. The van der Waals surface area contributed by atoms with Gasteiger partial charge in [-0.2, -0.15) is 10.1 Å². The molecule has 0 bridgehead atoms. The Balaban J connectivity index is 2.58. The van der Waals surface area contributed by atoms with Crippen LogP contribution in [0.4, 0.5) is 0 Å². The molecule has 0 aliphatic heterocycles. The van der Waals surface area contributed by atoms with Crippen LogP contribution in [-0.2, 0) is 17.9 Å². The summed E-state index contributed by atoms with van der Waals surface area (Å²) in [6, 6.07) is 1.86. The molecule has 0 N–H and O–H groups in total. The molecule has 4 nitrogen and oxygen atoms in total. The van der Waals surface area contributed by atoms with Gasteiger partial charge in [0, 0.05) is 12.7 Å². The van der Waals surface area contributed by atoms with E-state index >= 15 is 0 Å². The molecule has 1 aromatic rings. The smallest absolute Gasteiger partial charge is 0.235 e. The van der Waals surface area contributed by atoms with E-state index < -0.39 is 0 Å². The zero-order valence-electron chi connectivity index (χ0n) is 7.90. The summed E-state index contributed by atoms with van der Waals surface area (Å²) in [5.74, 6) is 0.572. The zero-order valence-corrected chi connectivity index (χ0v) is 7.90. The van der Waals surface area contributed by atoms with Crippen LogP contribution in [0.25, 0.3) is 0 Å². The molecular formula is C9H13N3O. The topological polar surface area (TPSA) is 47.2 Å². The molecule has 0 aromatic carbocycles. The number of rotatable bonds is 4. The number of aliphatic imine (C=N–C) groups is 1. The van der Waals surface area contributed by atoms with E-state index in [0.717, 1.165) is 12.2 Å². The highest BCUT2D eigenvalue weighted by atomic mass is 16.1. The Labute approximate surface area is 77.3 Å². The monoisotopic (exact) mass is 179 g/mol. The van der Waals surface area contributed by atoms with Gasteiger partial charge in [-0.3, -0.25) is 4.68 Å². The zero-order chi connectivity index (χ0) is 9.68. The fraction of sp³-hybridized carbons (Fsp3) is 0.556. The van der Waals surface area contributed by atoms with Crippen molar-refractivity contribution in [2.24, 2.45) is 10.9 Å². The van der Waals surface area contributed by atoms with Crippen molar-refractivity contribution in [3.63, 3.8) is 0 Å². The van der Waals surface area contributed by atoms with Crippen molar-refractivity contribution >= 4 is 6.08 Å². The molecule has 0 radical (unpaired) electrons. The van der Waals surface area contributed by atoms with Crippen LogP contribution in [0.15, 0.2) is 17.3 Å². The molecule has 70 valence electrons. The maximum absolute atomic E-state index is 9.84. The summed E-state index contributed by atoms with van der Waals surface area (Å²) in [6.07, 6.45) is 3.39. The van der Waals surface area contributed by atoms with E-state index in [1.807, 2.05) is 16.9 Å². The molecule has 0 saturated heterocycles. The third-order valence-electron chi connectivity index (χ3n) is 1.55. The van der Waals surface area contributed by atoms with E-state index in [1.165, 1.54) is 6.08 Å². The minimum absolute atomic E-state index is 0.328. The fourth-order valence-electron chi connectivity index (χ4n) is 1.08. The van der Waals surface area contributed by atoms with Gasteiger partial charge in [-0.15, -0.1) is 0 Å². The Kier molecular flexibility index (Phi) is 3.41. The lowest BCUT2D eigenvalue weighted by molar-refractivity contribution is 0.480. The van der Waals surface area contributed by atoms with Crippen LogP contribution < -0.4 is 0 Å². The Bertz CT molecular complexity index is 310. The van der Waals surface area contributed by atoms with Gasteiger partial charge in [0.1, 0.15) is 0 Å². The SMILES string of the molecule is CC(C)Cn1ccc(CN=C=O)n1. The molecule has 0 amide bonds. The number of hydrogen-bond donors (Lipinski definition) is 0. The minimum atomic E-state index is 0.328. The fourth-order valence-corrected chi connectivity index (χ4v) is 1.08. The van der Waals surface area contributed by atoms with Gasteiger partial charge in [0.05, 0.1) is 12.2 Å². The normalized spacial score (nSPS) is 10.1. The predicted molar refractivity (Wildman–Crippen MR) is 48.9 cm³/mol. The van der Waals surface area contributed by atoms with Crippen molar-refractivity contribution in [3.05, 3.63) is 18.0 Å². The first-order chi connectivity index (χ1) is 6.22. The third-order valence-corrected chi connectivity index (χ3v) is 1.55. The van der Waals surface area contributed by atoms with Crippen molar-refractivity contribution in [2.45, 2.75) is 26.9 Å². The second-order valence-corrected chi connectivity index (χ2v) is 3.33. The molecule has 1 aromatic heterocycles. The second-order valence-electron chi connectivity index (χ2n) is 3.33. The van der Waals surface area contributed by atoms with E-state index in [9.17, 15) is 4.79 Å². The van der Waals surface area contributed by atoms with E-state index in [1.54, 1.807) is 0 Å². The quantitative estimate of drug-likeness (QED) is 0.517. The molecule has 0 fully saturated rings. The molecule has 1 rings (SSSR count). The number of isocyanates is 1. The Morgan fingerprint density at radius 3 is 3.08 bits per heavy atom. The van der Waals surface area contributed by atoms with Gasteiger partial charge >= 0.3 is 0 Å². The average Bonchev–Trinajstić information content (AvgIpc) is 2.48. The van der Waals surface area contributed by atoms with E-state index in [2.05, 4.69) is 23.9 Å². The van der Waals surface area contributed by atoms with Crippen LogP contribution in [-0.4, -0.2) is 15.9 Å². The maximum Gasteiger partial charge on any atom is 0.235 e. The van der Waals surface area contributed by atoms with E-state index in [4.69, 9.17) is 0 Å². The van der Waals surface area contributed by atoms with Crippen LogP contribution in [0.2, 0.25) is 0 Å². The van der Waals surface area contributed by atoms with Crippen molar-refractivity contribution in [3.8, 4) is 0 Å². The molecule has 0 unspecified atom stereocenters. The van der Waals surface area contributed by atoms with Gasteiger partial charge in [-0.25, -0.2) is 4.79 Å². The summed E-state index contributed by atoms with van der Waals surface area (Å²) in [4.78, 5) is 13.3. The summed E-state index contributed by atoms with van der Waals surface area (Å²) >= 11 is 0. The van der Waals surface area contributed by atoms with Crippen LogP contribution in [0.1, 0.15) is 19.5 Å². The van der Waals surface area contributed by atoms with Gasteiger partial charge in [0.25, 0.3) is 0 Å². The predicted octanol–water partition coefficient (Wildman–Crippen LogP) is 1.37. The highest BCUT2D eigenvalue weighted by Gasteiger charge is 1.99. The minimum Gasteiger partial charge on any atom is -0.272 e. The van der Waals surface area contributed by atoms with Gasteiger partial charge in [-0.05, 0) is 12.0 Å². The molecule has 0 aliphatic rings. The van der Waals surface area contributed by atoms with Crippen LogP contribution in [0, 0.1) is 5.92 Å². The number of carbonyl (C=O) groups excluding carboxylic acids is 1. The first-order valence-electron chi connectivity index (χ1n) is 4.28. The largest absolute Gasteiger partial charge is 0.272 e. The molecule has 0 saturated carbocycles. The molecule has 1 heterocycles. The molecular weight excluding hydrogens is 166 g/mol. The summed E-state index contributed by atoms with van der Waals surface area (Å²) in [5, 5.41) is 4.23. The van der Waals surface area contributed by atoms with Crippen LogP contribution in [0.3, 0.4) is 0 Å². The molecule has 13 heavy (non-hydrogen) atoms. The lowest BCUT2D eigenvalue weighted by atomic mass is 10.2. The van der Waals surface area contributed by atoms with Gasteiger partial charge in [0.15, 0.2) is 0 Å². The maximum atomic E-state index is 9.84. The second kappa shape index (κ2) is 4.58. The number of aromatic nitrogens is 2. The lowest BCUT2D eigenvalue weighted by Gasteiger charge is -2.03. The third kappa shape index (κ3) is 3.22. The Morgan fingerprint density at radius 1 is 1.69 bits per heavy atom. The Morgan fingerprint density at radius 2 is 2.46 bits per heavy atom. The number of nitrogens with zero attached hydrogens (tertiary/aromatic N) is 3. The van der Waals surface area contributed by atoms with E-state index in [0.29, 0.717) is 12.5 Å². The molecule has 4 heteroatoms. The Hall–Kier alpha value is -1.41. The molecule has 0 aliphatic carbocycles. The highest BCUT2D eigenvalue weighted by Crippen LogP contribution is 2.01. The van der Waals surface area contributed by atoms with Crippen LogP contribution >= 0.6 is 0 Å². The van der Waals surface area contributed by atoms with Crippen molar-refractivity contribution in [2.75, 3.05) is 0 Å². The van der Waals surface area contributed by atoms with Gasteiger partial charge < -0.3 is 0 Å². The summed E-state index contributed by atoms with van der Waals surface area (Å²) in [6.45, 7) is 5.48. The van der Waals surface area contributed by atoms with Crippen molar-refractivity contribution in [1.82, 2.24) is 9.78 Å². The van der Waals surface area contributed by atoms with E-state index in [-0.39, 0.29) is 0 Å². The summed E-state index contributed by atoms with van der Waals surface area (Å²) in [7, 11) is 0. The van der Waals surface area contributed by atoms with Gasteiger partial charge in [0.2, 0.25) is 6.08 Å². The number of hydrogen-bond acceptors (Lipinski definition) is 3. The molecule has 0 spiro atoms. The van der Waals surface area contributed by atoms with Crippen LogP contribution in [0.5, 0.6) is 0 Å². The molecule has 0 atom stereocenters. The average molecular weight is 179 g/mol. The van der Waals surface area contributed by atoms with Crippen molar-refractivity contribution in [1.29, 1.82) is 0 Å². The summed E-state index contributed by atoms with van der Waals surface area (Å²) < 4.78 is 1.86.